The Hall–Kier alpha value is -2.09. The third-order valence-corrected chi connectivity index (χ3v) is 2.62. The van der Waals surface area contributed by atoms with Crippen molar-refractivity contribution in [3.63, 3.8) is 0 Å². The van der Waals surface area contributed by atoms with Crippen LogP contribution in [-0.2, 0) is 9.59 Å². The average molecular weight is 277 g/mol. The standard InChI is InChI=1S/C8H16N2O2.C7H7N/c1-4-10(5-6(2)3)8(12)7(9)11;8-6-7-4-2-1-3-5-7/h6H,4-5H2,1-3H3,(H2,9,11);1-2,4H,3,5H2. The number of nitrogens with zero attached hydrogens (tertiary/aromatic N) is 2. The van der Waals surface area contributed by atoms with Gasteiger partial charge in [0, 0.05) is 18.7 Å². The second-order valence-electron chi connectivity index (χ2n) is 4.87. The minimum atomic E-state index is -0.877. The SMILES string of the molecule is CCN(CC(C)C)C(=O)C(N)=O.N#CC1=CC=CCC1. The summed E-state index contributed by atoms with van der Waals surface area (Å²) in [5, 5.41) is 8.34. The van der Waals surface area contributed by atoms with Gasteiger partial charge in [-0.25, -0.2) is 0 Å². The third kappa shape index (κ3) is 7.37. The second kappa shape index (κ2) is 9.79. The van der Waals surface area contributed by atoms with Crippen LogP contribution in [0.15, 0.2) is 23.8 Å². The van der Waals surface area contributed by atoms with E-state index in [4.69, 9.17) is 11.0 Å². The van der Waals surface area contributed by atoms with Crippen molar-refractivity contribution < 1.29 is 9.59 Å². The number of nitrogens with two attached hydrogens (primary N) is 1. The van der Waals surface area contributed by atoms with Crippen LogP contribution in [0.2, 0.25) is 0 Å². The largest absolute Gasteiger partial charge is 0.361 e. The first-order chi connectivity index (χ1) is 9.42. The molecule has 0 saturated heterocycles. The summed E-state index contributed by atoms with van der Waals surface area (Å²) in [4.78, 5) is 23.0. The number of carbonyl (C=O) groups is 2. The first-order valence-electron chi connectivity index (χ1n) is 6.76. The van der Waals surface area contributed by atoms with Crippen LogP contribution in [0.5, 0.6) is 0 Å². The molecule has 0 saturated carbocycles. The Balaban J connectivity index is 0.000000388. The maximum atomic E-state index is 11.1. The molecule has 0 aromatic rings. The molecule has 110 valence electrons. The highest BCUT2D eigenvalue weighted by Crippen LogP contribution is 2.09. The zero-order valence-corrected chi connectivity index (χ0v) is 12.4. The van der Waals surface area contributed by atoms with Gasteiger partial charge in [-0.2, -0.15) is 5.26 Å². The summed E-state index contributed by atoms with van der Waals surface area (Å²) < 4.78 is 0. The van der Waals surface area contributed by atoms with Gasteiger partial charge in [0.15, 0.2) is 0 Å². The summed E-state index contributed by atoms with van der Waals surface area (Å²) in [6, 6.07) is 2.11. The molecule has 0 atom stereocenters. The average Bonchev–Trinajstić information content (AvgIpc) is 2.45. The lowest BCUT2D eigenvalue weighted by Gasteiger charge is -2.20. The molecule has 0 aromatic carbocycles. The van der Waals surface area contributed by atoms with Crippen molar-refractivity contribution in [1.29, 1.82) is 5.26 Å². The number of primary amides is 1. The van der Waals surface area contributed by atoms with Crippen molar-refractivity contribution in [2.75, 3.05) is 13.1 Å². The topological polar surface area (TPSA) is 87.2 Å². The lowest BCUT2D eigenvalue weighted by Crippen LogP contribution is -2.41. The number of allylic oxidation sites excluding steroid dienone is 4. The van der Waals surface area contributed by atoms with Crippen LogP contribution in [0.3, 0.4) is 0 Å². The van der Waals surface area contributed by atoms with Gasteiger partial charge < -0.3 is 10.6 Å². The molecule has 1 aliphatic rings. The van der Waals surface area contributed by atoms with Crippen molar-refractivity contribution in [2.24, 2.45) is 11.7 Å². The van der Waals surface area contributed by atoms with E-state index in [9.17, 15) is 9.59 Å². The van der Waals surface area contributed by atoms with Gasteiger partial charge in [-0.3, -0.25) is 9.59 Å². The Kier molecular flexibility index (Phi) is 8.77. The number of carbonyl (C=O) groups excluding carboxylic acids is 2. The number of hydrogen-bond donors (Lipinski definition) is 1. The minimum Gasteiger partial charge on any atom is -0.361 e. The van der Waals surface area contributed by atoms with Gasteiger partial charge in [0.25, 0.3) is 0 Å². The summed E-state index contributed by atoms with van der Waals surface area (Å²) in [5.41, 5.74) is 5.75. The van der Waals surface area contributed by atoms with Crippen molar-refractivity contribution in [2.45, 2.75) is 33.6 Å². The predicted octanol–water partition coefficient (Wildman–Crippen LogP) is 1.76. The Bertz CT molecular complexity index is 431. The van der Waals surface area contributed by atoms with Crippen LogP contribution in [0.25, 0.3) is 0 Å². The van der Waals surface area contributed by atoms with Gasteiger partial charge >= 0.3 is 11.8 Å². The first-order valence-corrected chi connectivity index (χ1v) is 6.76. The minimum absolute atomic E-state index is 0.355. The van der Waals surface area contributed by atoms with Crippen LogP contribution in [-0.4, -0.2) is 29.8 Å². The number of nitriles is 1. The Morgan fingerprint density at radius 3 is 2.45 bits per heavy atom. The molecule has 1 rings (SSSR count). The Morgan fingerprint density at radius 1 is 1.50 bits per heavy atom. The van der Waals surface area contributed by atoms with E-state index >= 15 is 0 Å². The van der Waals surface area contributed by atoms with E-state index < -0.39 is 11.8 Å². The van der Waals surface area contributed by atoms with Crippen LogP contribution >= 0.6 is 0 Å². The van der Waals surface area contributed by atoms with E-state index in [0.29, 0.717) is 19.0 Å². The third-order valence-electron chi connectivity index (χ3n) is 2.62. The molecule has 20 heavy (non-hydrogen) atoms. The van der Waals surface area contributed by atoms with E-state index in [0.717, 1.165) is 18.4 Å². The molecule has 0 radical (unpaired) electrons. The fourth-order valence-electron chi connectivity index (χ4n) is 1.65. The van der Waals surface area contributed by atoms with Gasteiger partial charge in [0.2, 0.25) is 0 Å². The summed E-state index contributed by atoms with van der Waals surface area (Å²) in [6.07, 6.45) is 7.82. The monoisotopic (exact) mass is 277 g/mol. The van der Waals surface area contributed by atoms with E-state index in [1.54, 1.807) is 0 Å². The molecule has 0 aliphatic heterocycles. The van der Waals surface area contributed by atoms with Crippen LogP contribution in [0.4, 0.5) is 0 Å². The van der Waals surface area contributed by atoms with Crippen LogP contribution in [0, 0.1) is 17.2 Å². The van der Waals surface area contributed by atoms with E-state index in [1.807, 2.05) is 32.9 Å². The van der Waals surface area contributed by atoms with Crippen molar-refractivity contribution in [3.8, 4) is 6.07 Å². The molecule has 5 nitrogen and oxygen atoms in total. The fraction of sp³-hybridized carbons (Fsp3) is 0.533. The predicted molar refractivity (Wildman–Crippen MR) is 78.4 cm³/mol. The molecule has 0 heterocycles. The second-order valence-corrected chi connectivity index (χ2v) is 4.87. The highest BCUT2D eigenvalue weighted by Gasteiger charge is 2.17. The number of rotatable bonds is 3. The summed E-state index contributed by atoms with van der Waals surface area (Å²) in [6.45, 7) is 6.90. The quantitative estimate of drug-likeness (QED) is 0.797. The summed E-state index contributed by atoms with van der Waals surface area (Å²) in [7, 11) is 0. The number of hydrogen-bond acceptors (Lipinski definition) is 3. The maximum Gasteiger partial charge on any atom is 0.311 e. The Labute approximate surface area is 120 Å². The smallest absolute Gasteiger partial charge is 0.311 e. The molecule has 0 fully saturated rings. The number of likely N-dealkylation sites (N-methyl/N-ethyl adjacent to an activating group) is 1. The van der Waals surface area contributed by atoms with Gasteiger partial charge in [-0.15, -0.1) is 0 Å². The van der Waals surface area contributed by atoms with E-state index in [-0.39, 0.29) is 0 Å². The highest BCUT2D eigenvalue weighted by atomic mass is 16.2. The van der Waals surface area contributed by atoms with Gasteiger partial charge in [-0.05, 0) is 31.8 Å². The zero-order chi connectivity index (χ0) is 15.5. The fourth-order valence-corrected chi connectivity index (χ4v) is 1.65. The Morgan fingerprint density at radius 2 is 2.15 bits per heavy atom. The maximum absolute atomic E-state index is 11.1. The first kappa shape index (κ1) is 17.9. The molecule has 1 aliphatic carbocycles. The number of amides is 2. The molecule has 0 aromatic heterocycles. The zero-order valence-electron chi connectivity index (χ0n) is 12.4. The van der Waals surface area contributed by atoms with Crippen molar-refractivity contribution >= 4 is 11.8 Å². The van der Waals surface area contributed by atoms with E-state index in [1.165, 1.54) is 4.90 Å². The molecule has 0 unspecified atom stereocenters. The van der Waals surface area contributed by atoms with Crippen LogP contribution in [0.1, 0.15) is 33.6 Å². The summed E-state index contributed by atoms with van der Waals surface area (Å²) >= 11 is 0. The molecule has 2 amide bonds. The molecular weight excluding hydrogens is 254 g/mol. The van der Waals surface area contributed by atoms with Crippen LogP contribution < -0.4 is 5.73 Å². The molecule has 0 spiro atoms. The molecule has 0 bridgehead atoms. The van der Waals surface area contributed by atoms with Gasteiger partial charge in [-0.1, -0.05) is 26.0 Å². The van der Waals surface area contributed by atoms with E-state index in [2.05, 4.69) is 12.1 Å². The van der Waals surface area contributed by atoms with Crippen molar-refractivity contribution in [1.82, 2.24) is 4.90 Å². The molecule has 2 N–H and O–H groups in total. The summed E-state index contributed by atoms with van der Waals surface area (Å²) in [5.74, 6) is -1.11. The van der Waals surface area contributed by atoms with Gasteiger partial charge in [0.05, 0.1) is 6.07 Å². The van der Waals surface area contributed by atoms with Crippen molar-refractivity contribution in [3.05, 3.63) is 23.8 Å². The lowest BCUT2D eigenvalue weighted by atomic mass is 10.1. The lowest BCUT2D eigenvalue weighted by molar-refractivity contribution is -0.144. The molecule has 5 heteroatoms. The molecular formula is C15H23N3O2. The normalized spacial score (nSPS) is 12.8. The van der Waals surface area contributed by atoms with Gasteiger partial charge in [0.1, 0.15) is 0 Å². The highest BCUT2D eigenvalue weighted by molar-refractivity contribution is 6.34.